The second kappa shape index (κ2) is 10.3. The normalized spacial score (nSPS) is 16.1. The van der Waals surface area contributed by atoms with E-state index in [-0.39, 0.29) is 10.8 Å². The van der Waals surface area contributed by atoms with Crippen molar-refractivity contribution in [3.8, 4) is 0 Å². The van der Waals surface area contributed by atoms with Crippen LogP contribution in [0.15, 0.2) is 82.6 Å². The van der Waals surface area contributed by atoms with Gasteiger partial charge in [0.25, 0.3) is 15.9 Å². The highest BCUT2D eigenvalue weighted by atomic mass is 32.2. The van der Waals surface area contributed by atoms with Gasteiger partial charge in [0.05, 0.1) is 15.5 Å². The average molecular weight is 540 g/mol. The lowest BCUT2D eigenvalue weighted by Crippen LogP contribution is -2.29. The SMILES string of the molecule is O=C(NCCc1ccc(S(=O)(=O)N2CCCC2)cc1)c1ccc2c(c1)CCN2S(=O)(=O)c1ccccc1. The molecular formula is C27H29N3O5S2. The van der Waals surface area contributed by atoms with Crippen molar-refractivity contribution in [2.75, 3.05) is 30.5 Å². The predicted octanol–water partition coefficient (Wildman–Crippen LogP) is 3.20. The van der Waals surface area contributed by atoms with Crippen LogP contribution in [-0.4, -0.2) is 53.2 Å². The van der Waals surface area contributed by atoms with Crippen LogP contribution in [0.4, 0.5) is 5.69 Å². The van der Waals surface area contributed by atoms with E-state index in [1.165, 1.54) is 8.61 Å². The highest BCUT2D eigenvalue weighted by Crippen LogP contribution is 2.33. The molecule has 37 heavy (non-hydrogen) atoms. The Morgan fingerprint density at radius 1 is 0.784 bits per heavy atom. The number of fused-ring (bicyclic) bond motifs is 1. The number of amides is 1. The molecule has 1 amide bonds. The van der Waals surface area contributed by atoms with Crippen LogP contribution in [0.25, 0.3) is 0 Å². The van der Waals surface area contributed by atoms with Gasteiger partial charge in [-0.05, 0) is 79.3 Å². The lowest BCUT2D eigenvalue weighted by Gasteiger charge is -2.19. The van der Waals surface area contributed by atoms with Crippen molar-refractivity contribution in [1.29, 1.82) is 0 Å². The highest BCUT2D eigenvalue weighted by molar-refractivity contribution is 7.92. The number of carbonyl (C=O) groups excluding carboxylic acids is 1. The second-order valence-electron chi connectivity index (χ2n) is 9.24. The van der Waals surface area contributed by atoms with Gasteiger partial charge in [-0.15, -0.1) is 0 Å². The van der Waals surface area contributed by atoms with Gasteiger partial charge in [0.15, 0.2) is 0 Å². The molecule has 8 nitrogen and oxygen atoms in total. The number of hydrogen-bond acceptors (Lipinski definition) is 5. The lowest BCUT2D eigenvalue weighted by atomic mass is 10.1. The zero-order valence-corrected chi connectivity index (χ0v) is 22.0. The molecule has 0 radical (unpaired) electrons. The van der Waals surface area contributed by atoms with E-state index in [0.717, 1.165) is 24.0 Å². The summed E-state index contributed by atoms with van der Waals surface area (Å²) in [6, 6.07) is 20.2. The third-order valence-electron chi connectivity index (χ3n) is 6.85. The topological polar surface area (TPSA) is 104 Å². The minimum atomic E-state index is -3.65. The van der Waals surface area contributed by atoms with Gasteiger partial charge in [0.1, 0.15) is 0 Å². The fourth-order valence-corrected chi connectivity index (χ4v) is 7.85. The van der Waals surface area contributed by atoms with Crippen molar-refractivity contribution in [3.05, 3.63) is 89.5 Å². The Morgan fingerprint density at radius 3 is 2.16 bits per heavy atom. The van der Waals surface area contributed by atoms with E-state index in [9.17, 15) is 21.6 Å². The summed E-state index contributed by atoms with van der Waals surface area (Å²) in [5.74, 6) is -0.236. The first-order chi connectivity index (χ1) is 17.8. The molecular weight excluding hydrogens is 510 g/mol. The molecule has 3 aromatic rings. The van der Waals surface area contributed by atoms with Gasteiger partial charge in [-0.25, -0.2) is 16.8 Å². The number of carbonyl (C=O) groups is 1. The summed E-state index contributed by atoms with van der Waals surface area (Å²) in [7, 11) is -7.09. The maximum atomic E-state index is 13.0. The van der Waals surface area contributed by atoms with E-state index in [1.54, 1.807) is 72.8 Å². The number of benzene rings is 3. The average Bonchev–Trinajstić information content (AvgIpc) is 3.60. The number of sulfonamides is 2. The molecule has 1 fully saturated rings. The van der Waals surface area contributed by atoms with Crippen molar-refractivity contribution >= 4 is 31.6 Å². The van der Waals surface area contributed by atoms with Crippen LogP contribution in [-0.2, 0) is 32.9 Å². The van der Waals surface area contributed by atoms with E-state index in [0.29, 0.717) is 55.2 Å². The fourth-order valence-electron chi connectivity index (χ4n) is 4.81. The first-order valence-corrected chi connectivity index (χ1v) is 15.2. The molecule has 10 heteroatoms. The van der Waals surface area contributed by atoms with Crippen LogP contribution in [0.3, 0.4) is 0 Å². The van der Waals surface area contributed by atoms with E-state index in [2.05, 4.69) is 5.32 Å². The van der Waals surface area contributed by atoms with Gasteiger partial charge < -0.3 is 5.32 Å². The van der Waals surface area contributed by atoms with Gasteiger partial charge in [-0.3, -0.25) is 9.10 Å². The number of nitrogens with one attached hydrogen (secondary N) is 1. The quantitative estimate of drug-likeness (QED) is 0.474. The van der Waals surface area contributed by atoms with Gasteiger partial charge in [0, 0.05) is 31.7 Å². The van der Waals surface area contributed by atoms with Crippen LogP contribution in [0.5, 0.6) is 0 Å². The van der Waals surface area contributed by atoms with E-state index >= 15 is 0 Å². The Bertz CT molecular complexity index is 1500. The summed E-state index contributed by atoms with van der Waals surface area (Å²) >= 11 is 0. The lowest BCUT2D eigenvalue weighted by molar-refractivity contribution is 0.0954. The number of anilines is 1. The molecule has 2 aliphatic rings. The van der Waals surface area contributed by atoms with Crippen LogP contribution >= 0.6 is 0 Å². The first kappa shape index (κ1) is 25.4. The monoisotopic (exact) mass is 539 g/mol. The number of hydrogen-bond donors (Lipinski definition) is 1. The van der Waals surface area contributed by atoms with Crippen molar-refractivity contribution in [2.45, 2.75) is 35.5 Å². The molecule has 2 aliphatic heterocycles. The van der Waals surface area contributed by atoms with Crippen LogP contribution in [0, 0.1) is 0 Å². The molecule has 1 saturated heterocycles. The maximum Gasteiger partial charge on any atom is 0.264 e. The van der Waals surface area contributed by atoms with E-state index < -0.39 is 20.0 Å². The summed E-state index contributed by atoms with van der Waals surface area (Å²) < 4.78 is 54.3. The molecule has 0 spiro atoms. The smallest absolute Gasteiger partial charge is 0.264 e. The Morgan fingerprint density at radius 2 is 1.46 bits per heavy atom. The fraction of sp³-hybridized carbons (Fsp3) is 0.296. The van der Waals surface area contributed by atoms with Gasteiger partial charge >= 0.3 is 0 Å². The number of rotatable bonds is 8. The van der Waals surface area contributed by atoms with Crippen molar-refractivity contribution in [1.82, 2.24) is 9.62 Å². The molecule has 2 heterocycles. The van der Waals surface area contributed by atoms with Crippen LogP contribution < -0.4 is 9.62 Å². The molecule has 0 bridgehead atoms. The van der Waals surface area contributed by atoms with Crippen molar-refractivity contribution in [2.24, 2.45) is 0 Å². The minimum absolute atomic E-state index is 0.236. The van der Waals surface area contributed by atoms with Gasteiger partial charge in [-0.2, -0.15) is 4.31 Å². The Hall–Kier alpha value is -3.21. The predicted molar refractivity (Wildman–Crippen MR) is 142 cm³/mol. The molecule has 0 aliphatic carbocycles. The molecule has 0 atom stereocenters. The summed E-state index contributed by atoms with van der Waals surface area (Å²) in [5, 5.41) is 2.90. The third kappa shape index (κ3) is 5.14. The molecule has 0 aromatic heterocycles. The van der Waals surface area contributed by atoms with Crippen LogP contribution in [0.1, 0.15) is 34.3 Å². The molecule has 0 unspecified atom stereocenters. The Kier molecular flexibility index (Phi) is 7.06. The maximum absolute atomic E-state index is 13.0. The molecule has 5 rings (SSSR count). The van der Waals surface area contributed by atoms with Crippen LogP contribution in [0.2, 0.25) is 0 Å². The molecule has 194 valence electrons. The molecule has 3 aromatic carbocycles. The van der Waals surface area contributed by atoms with E-state index in [4.69, 9.17) is 0 Å². The van der Waals surface area contributed by atoms with Crippen molar-refractivity contribution < 1.29 is 21.6 Å². The summed E-state index contributed by atoms with van der Waals surface area (Å²) in [6.07, 6.45) is 2.89. The Balaban J connectivity index is 1.19. The zero-order valence-electron chi connectivity index (χ0n) is 20.3. The largest absolute Gasteiger partial charge is 0.352 e. The number of nitrogens with zero attached hydrogens (tertiary/aromatic N) is 2. The summed E-state index contributed by atoms with van der Waals surface area (Å²) in [4.78, 5) is 13.3. The molecule has 0 saturated carbocycles. The second-order valence-corrected chi connectivity index (χ2v) is 13.0. The standard InChI is InChI=1S/C27H29N3O5S2/c31-27(28-16-14-21-8-11-25(12-9-21)36(32,33)29-17-4-5-18-29)23-10-13-26-22(20-23)15-19-30(26)37(34,35)24-6-2-1-3-7-24/h1-3,6-13,20H,4-5,14-19H2,(H,28,31). The third-order valence-corrected chi connectivity index (χ3v) is 10.6. The highest BCUT2D eigenvalue weighted by Gasteiger charge is 2.31. The van der Waals surface area contributed by atoms with Gasteiger partial charge in [0.2, 0.25) is 10.0 Å². The minimum Gasteiger partial charge on any atom is -0.352 e. The van der Waals surface area contributed by atoms with Crippen molar-refractivity contribution in [3.63, 3.8) is 0 Å². The molecule has 1 N–H and O–H groups in total. The van der Waals surface area contributed by atoms with Gasteiger partial charge in [-0.1, -0.05) is 30.3 Å². The first-order valence-electron chi connectivity index (χ1n) is 12.3. The zero-order chi connectivity index (χ0) is 26.0. The Labute approximate surface area is 218 Å². The summed E-state index contributed by atoms with van der Waals surface area (Å²) in [6.45, 7) is 1.86. The summed E-state index contributed by atoms with van der Waals surface area (Å²) in [5.41, 5.74) is 2.83. The van der Waals surface area contributed by atoms with E-state index in [1.807, 2.05) is 0 Å².